The fourth-order valence-electron chi connectivity index (χ4n) is 2.16. The second-order valence-corrected chi connectivity index (χ2v) is 6.39. The highest BCUT2D eigenvalue weighted by Crippen LogP contribution is 2.23. The minimum Gasteiger partial charge on any atom is -0.387 e. The average Bonchev–Trinajstić information content (AvgIpc) is 2.88. The lowest BCUT2D eigenvalue weighted by molar-refractivity contribution is 0.181. The number of halogens is 2. The van der Waals surface area contributed by atoms with E-state index < -0.39 is 6.10 Å². The summed E-state index contributed by atoms with van der Waals surface area (Å²) >= 11 is 11.9. The highest BCUT2D eigenvalue weighted by molar-refractivity contribution is 6.34. The standard InChI is InChI=1S/C16H22Cl2N6O/c1-4-19-16(21-9-15-23-22-10(2)24(15)3)20-8-14(25)11-5-12(17)7-13(18)6-11/h5-7,14,25H,4,8-9H2,1-3H3,(H2,19,20,21). The van der Waals surface area contributed by atoms with Crippen LogP contribution in [0.2, 0.25) is 10.0 Å². The Bertz CT molecular complexity index is 726. The lowest BCUT2D eigenvalue weighted by atomic mass is 10.1. The molecular weight excluding hydrogens is 363 g/mol. The quantitative estimate of drug-likeness (QED) is 0.524. The molecule has 2 rings (SSSR count). The fraction of sp³-hybridized carbons (Fsp3) is 0.438. The van der Waals surface area contributed by atoms with Crippen LogP contribution in [0.4, 0.5) is 0 Å². The third kappa shape index (κ3) is 5.59. The van der Waals surface area contributed by atoms with Gasteiger partial charge in [0.1, 0.15) is 12.4 Å². The number of guanidine groups is 1. The molecule has 136 valence electrons. The summed E-state index contributed by atoms with van der Waals surface area (Å²) in [5.41, 5.74) is 0.643. The maximum absolute atomic E-state index is 10.3. The molecule has 3 N–H and O–H groups in total. The van der Waals surface area contributed by atoms with Gasteiger partial charge in [-0.05, 0) is 37.6 Å². The van der Waals surface area contributed by atoms with Gasteiger partial charge in [0.15, 0.2) is 11.8 Å². The minimum absolute atomic E-state index is 0.264. The predicted octanol–water partition coefficient (Wildman–Crippen LogP) is 2.22. The Hall–Kier alpha value is -1.83. The molecule has 1 aromatic carbocycles. The van der Waals surface area contributed by atoms with E-state index in [0.717, 1.165) is 11.6 Å². The van der Waals surface area contributed by atoms with E-state index in [1.54, 1.807) is 18.2 Å². The molecule has 1 unspecified atom stereocenters. The third-order valence-electron chi connectivity index (χ3n) is 3.64. The first-order valence-electron chi connectivity index (χ1n) is 7.91. The number of aryl methyl sites for hydroxylation is 1. The number of nitrogens with one attached hydrogen (secondary N) is 2. The molecular formula is C16H22Cl2N6O. The van der Waals surface area contributed by atoms with E-state index in [-0.39, 0.29) is 6.54 Å². The zero-order valence-electron chi connectivity index (χ0n) is 14.4. The molecule has 7 nitrogen and oxygen atoms in total. The number of aliphatic hydroxyl groups is 1. The van der Waals surface area contributed by atoms with Crippen LogP contribution in [0, 0.1) is 6.92 Å². The van der Waals surface area contributed by atoms with Gasteiger partial charge in [-0.15, -0.1) is 10.2 Å². The van der Waals surface area contributed by atoms with Gasteiger partial charge in [0.05, 0.1) is 6.10 Å². The molecule has 0 saturated carbocycles. The first-order chi connectivity index (χ1) is 11.9. The monoisotopic (exact) mass is 384 g/mol. The molecule has 0 spiro atoms. The summed E-state index contributed by atoms with van der Waals surface area (Å²) in [6.45, 7) is 5.20. The topological polar surface area (TPSA) is 87.4 Å². The molecule has 0 radical (unpaired) electrons. The van der Waals surface area contributed by atoms with Crippen LogP contribution in [0.25, 0.3) is 0 Å². The van der Waals surface area contributed by atoms with Crippen molar-refractivity contribution in [2.24, 2.45) is 12.0 Å². The summed E-state index contributed by atoms with van der Waals surface area (Å²) in [6.07, 6.45) is -0.767. The van der Waals surface area contributed by atoms with Gasteiger partial charge in [0.2, 0.25) is 0 Å². The van der Waals surface area contributed by atoms with Crippen molar-refractivity contribution in [2.75, 3.05) is 13.1 Å². The summed E-state index contributed by atoms with van der Waals surface area (Å²) in [5.74, 6) is 2.17. The number of nitrogens with zero attached hydrogens (tertiary/aromatic N) is 4. The van der Waals surface area contributed by atoms with Crippen molar-refractivity contribution in [3.05, 3.63) is 45.5 Å². The predicted molar refractivity (Wildman–Crippen MR) is 100.0 cm³/mol. The summed E-state index contributed by atoms with van der Waals surface area (Å²) in [6, 6.07) is 5.00. The van der Waals surface area contributed by atoms with Gasteiger partial charge >= 0.3 is 0 Å². The van der Waals surface area contributed by atoms with E-state index >= 15 is 0 Å². The molecule has 1 heterocycles. The van der Waals surface area contributed by atoms with Crippen molar-refractivity contribution >= 4 is 29.2 Å². The van der Waals surface area contributed by atoms with Crippen LogP contribution >= 0.6 is 23.2 Å². The Morgan fingerprint density at radius 1 is 1.24 bits per heavy atom. The summed E-state index contributed by atoms with van der Waals surface area (Å²) in [4.78, 5) is 4.47. The number of rotatable bonds is 6. The summed E-state index contributed by atoms with van der Waals surface area (Å²) in [5, 5.41) is 25.6. The minimum atomic E-state index is -0.767. The maximum atomic E-state index is 10.3. The summed E-state index contributed by atoms with van der Waals surface area (Å²) < 4.78 is 1.88. The second-order valence-electron chi connectivity index (χ2n) is 5.52. The highest BCUT2D eigenvalue weighted by Gasteiger charge is 2.11. The second kappa shape index (κ2) is 9.03. The molecule has 1 atom stereocenters. The molecule has 0 aliphatic rings. The van der Waals surface area contributed by atoms with Crippen molar-refractivity contribution < 1.29 is 5.11 Å². The molecule has 0 bridgehead atoms. The Kier molecular flexibility index (Phi) is 7.04. The number of aliphatic imine (C=N–C) groups is 1. The molecule has 1 aromatic heterocycles. The Morgan fingerprint density at radius 2 is 1.92 bits per heavy atom. The van der Waals surface area contributed by atoms with Gasteiger partial charge in [0, 0.05) is 30.2 Å². The van der Waals surface area contributed by atoms with Crippen LogP contribution in [-0.4, -0.2) is 38.9 Å². The van der Waals surface area contributed by atoms with E-state index in [9.17, 15) is 5.11 Å². The zero-order valence-corrected chi connectivity index (χ0v) is 15.9. The maximum Gasteiger partial charge on any atom is 0.191 e. The van der Waals surface area contributed by atoms with Gasteiger partial charge in [0.25, 0.3) is 0 Å². The number of aromatic nitrogens is 3. The van der Waals surface area contributed by atoms with Crippen LogP contribution in [0.15, 0.2) is 23.2 Å². The van der Waals surface area contributed by atoms with Crippen LogP contribution in [0.1, 0.15) is 30.2 Å². The first-order valence-corrected chi connectivity index (χ1v) is 8.67. The van der Waals surface area contributed by atoms with E-state index in [4.69, 9.17) is 23.2 Å². The lowest BCUT2D eigenvalue weighted by Crippen LogP contribution is -2.39. The lowest BCUT2D eigenvalue weighted by Gasteiger charge is -2.16. The van der Waals surface area contributed by atoms with Gasteiger partial charge < -0.3 is 20.3 Å². The third-order valence-corrected chi connectivity index (χ3v) is 4.07. The molecule has 2 aromatic rings. The number of benzene rings is 1. The van der Waals surface area contributed by atoms with Crippen molar-refractivity contribution in [1.82, 2.24) is 25.4 Å². The highest BCUT2D eigenvalue weighted by atomic mass is 35.5. The van der Waals surface area contributed by atoms with Gasteiger partial charge in [-0.1, -0.05) is 23.2 Å². The molecule has 0 aliphatic heterocycles. The molecule has 0 aliphatic carbocycles. The first kappa shape index (κ1) is 19.5. The van der Waals surface area contributed by atoms with E-state index in [1.807, 2.05) is 25.5 Å². The van der Waals surface area contributed by atoms with E-state index in [1.165, 1.54) is 0 Å². The molecule has 0 amide bonds. The SMILES string of the molecule is CCNC(=NCc1nnc(C)n1C)NCC(O)c1cc(Cl)cc(Cl)c1. The van der Waals surface area contributed by atoms with Gasteiger partial charge in [-0.3, -0.25) is 0 Å². The average molecular weight is 385 g/mol. The molecule has 25 heavy (non-hydrogen) atoms. The Balaban J connectivity index is 2.00. The van der Waals surface area contributed by atoms with Gasteiger partial charge in [-0.25, -0.2) is 4.99 Å². The van der Waals surface area contributed by atoms with Crippen LogP contribution in [0.3, 0.4) is 0 Å². The van der Waals surface area contributed by atoms with Crippen LogP contribution in [-0.2, 0) is 13.6 Å². The van der Waals surface area contributed by atoms with E-state index in [2.05, 4.69) is 25.8 Å². The Morgan fingerprint density at radius 3 is 2.48 bits per heavy atom. The van der Waals surface area contributed by atoms with Crippen molar-refractivity contribution in [1.29, 1.82) is 0 Å². The zero-order chi connectivity index (χ0) is 18.4. The van der Waals surface area contributed by atoms with Gasteiger partial charge in [-0.2, -0.15) is 0 Å². The smallest absolute Gasteiger partial charge is 0.191 e. The fourth-order valence-corrected chi connectivity index (χ4v) is 2.70. The van der Waals surface area contributed by atoms with Crippen molar-refractivity contribution in [2.45, 2.75) is 26.5 Å². The largest absolute Gasteiger partial charge is 0.387 e. The van der Waals surface area contributed by atoms with E-state index in [0.29, 0.717) is 34.7 Å². The number of hydrogen-bond acceptors (Lipinski definition) is 4. The van der Waals surface area contributed by atoms with Crippen LogP contribution < -0.4 is 10.6 Å². The number of aliphatic hydroxyl groups excluding tert-OH is 1. The molecule has 0 saturated heterocycles. The Labute approximate surface area is 157 Å². The molecule has 0 fully saturated rings. The normalized spacial score (nSPS) is 13.0. The van der Waals surface area contributed by atoms with Crippen molar-refractivity contribution in [3.63, 3.8) is 0 Å². The number of hydrogen-bond donors (Lipinski definition) is 3. The van der Waals surface area contributed by atoms with Crippen molar-refractivity contribution in [3.8, 4) is 0 Å². The molecule has 9 heteroatoms. The van der Waals surface area contributed by atoms with Crippen LogP contribution in [0.5, 0.6) is 0 Å². The summed E-state index contributed by atoms with van der Waals surface area (Å²) in [7, 11) is 1.90.